The van der Waals surface area contributed by atoms with Crippen molar-refractivity contribution in [2.75, 3.05) is 23.7 Å². The summed E-state index contributed by atoms with van der Waals surface area (Å²) in [5.41, 5.74) is 12.7. The van der Waals surface area contributed by atoms with Crippen molar-refractivity contribution in [3.63, 3.8) is 0 Å². The maximum absolute atomic E-state index is 15.1. The number of nitrogens with two attached hydrogens (primary N) is 2. The number of rotatable bonds is 4. The van der Waals surface area contributed by atoms with E-state index >= 15 is 4.39 Å². The zero-order chi connectivity index (χ0) is 22.6. The lowest BCUT2D eigenvalue weighted by Crippen LogP contribution is -2.56. The van der Waals surface area contributed by atoms with Crippen LogP contribution in [0.3, 0.4) is 0 Å². The molecule has 3 aromatic rings. The van der Waals surface area contributed by atoms with E-state index in [4.69, 9.17) is 11.5 Å². The lowest BCUT2D eigenvalue weighted by molar-refractivity contribution is 0.101. The summed E-state index contributed by atoms with van der Waals surface area (Å²) < 4.78 is 31.2. The van der Waals surface area contributed by atoms with Crippen molar-refractivity contribution in [3.05, 3.63) is 61.9 Å². The van der Waals surface area contributed by atoms with Gasteiger partial charge in [-0.05, 0) is 53.0 Å². The molecule has 6 nitrogen and oxygen atoms in total. The third kappa shape index (κ3) is 3.41. The molecule has 31 heavy (non-hydrogen) atoms. The van der Waals surface area contributed by atoms with Crippen LogP contribution in [0.2, 0.25) is 0 Å². The molecule has 2 aromatic carbocycles. The summed E-state index contributed by atoms with van der Waals surface area (Å²) in [6.07, 6.45) is 1.88. The Labute approximate surface area is 185 Å². The smallest absolute Gasteiger partial charge is 0.200 e. The van der Waals surface area contributed by atoms with Crippen LogP contribution in [-0.2, 0) is 6.42 Å². The number of aryl methyl sites for hydroxylation is 1. The average Bonchev–Trinajstić information content (AvgIpc) is 2.68. The Morgan fingerprint density at radius 2 is 1.90 bits per heavy atom. The summed E-state index contributed by atoms with van der Waals surface area (Å²) in [5, 5.41) is 0.0376. The van der Waals surface area contributed by atoms with Crippen LogP contribution in [0.1, 0.15) is 29.8 Å². The van der Waals surface area contributed by atoms with E-state index in [2.05, 4.69) is 15.9 Å². The van der Waals surface area contributed by atoms with E-state index in [9.17, 15) is 14.0 Å². The Morgan fingerprint density at radius 1 is 1.23 bits per heavy atom. The fourth-order valence-corrected chi connectivity index (χ4v) is 4.80. The van der Waals surface area contributed by atoms with Crippen LogP contribution < -0.4 is 21.8 Å². The second-order valence-electron chi connectivity index (χ2n) is 7.74. The van der Waals surface area contributed by atoms with Crippen LogP contribution in [0.5, 0.6) is 0 Å². The molecule has 1 fully saturated rings. The molecule has 0 bridgehead atoms. The summed E-state index contributed by atoms with van der Waals surface area (Å²) in [7, 11) is 0. The van der Waals surface area contributed by atoms with Crippen molar-refractivity contribution in [2.45, 2.75) is 26.3 Å². The number of ketones is 1. The van der Waals surface area contributed by atoms with E-state index in [1.807, 2.05) is 6.92 Å². The number of fused-ring (bicyclic) bond motifs is 1. The highest BCUT2D eigenvalue weighted by molar-refractivity contribution is 9.10. The van der Waals surface area contributed by atoms with Crippen LogP contribution in [0.4, 0.5) is 20.2 Å². The second kappa shape index (κ2) is 7.72. The number of carbonyl (C=O) groups excluding carboxylic acids is 1. The first kappa shape index (κ1) is 21.5. The van der Waals surface area contributed by atoms with Crippen molar-refractivity contribution in [1.82, 2.24) is 4.57 Å². The zero-order valence-corrected chi connectivity index (χ0v) is 18.6. The third-order valence-corrected chi connectivity index (χ3v) is 6.35. The lowest BCUT2D eigenvalue weighted by atomic mass is 10.0. The number of carbonyl (C=O) groups is 1. The fourth-order valence-electron chi connectivity index (χ4n) is 3.96. The molecule has 1 aliphatic rings. The van der Waals surface area contributed by atoms with Crippen molar-refractivity contribution in [3.8, 4) is 5.69 Å². The number of hydrogen-bond acceptors (Lipinski definition) is 5. The quantitative estimate of drug-likeness (QED) is 0.430. The van der Waals surface area contributed by atoms with Crippen molar-refractivity contribution >= 4 is 44.0 Å². The van der Waals surface area contributed by atoms with Gasteiger partial charge < -0.3 is 20.9 Å². The molecular formula is C22H21BrF2N4O2. The van der Waals surface area contributed by atoms with Gasteiger partial charge in [-0.25, -0.2) is 8.78 Å². The summed E-state index contributed by atoms with van der Waals surface area (Å²) in [6.45, 7) is 4.07. The SMILES string of the molecule is CCc1cc(F)c(N)cc1-n1cc(C(C)=O)c(=O)c2cc(F)c(N3CC(N)C3)c(Br)c21. The highest BCUT2D eigenvalue weighted by Gasteiger charge is 2.30. The number of halogens is 3. The molecule has 162 valence electrons. The Hall–Kier alpha value is -2.78. The molecule has 9 heteroatoms. The molecule has 0 atom stereocenters. The molecule has 1 aliphatic heterocycles. The van der Waals surface area contributed by atoms with E-state index in [-0.39, 0.29) is 28.4 Å². The largest absolute Gasteiger partial charge is 0.396 e. The van der Waals surface area contributed by atoms with Gasteiger partial charge in [0.05, 0.1) is 38.0 Å². The average molecular weight is 491 g/mol. The van der Waals surface area contributed by atoms with Crippen molar-refractivity contribution in [2.24, 2.45) is 5.73 Å². The highest BCUT2D eigenvalue weighted by atomic mass is 79.9. The summed E-state index contributed by atoms with van der Waals surface area (Å²) in [6, 6.07) is 3.86. The minimum atomic E-state index is -0.593. The molecule has 4 rings (SSSR count). The van der Waals surface area contributed by atoms with E-state index in [1.165, 1.54) is 25.3 Å². The van der Waals surface area contributed by atoms with Crippen molar-refractivity contribution < 1.29 is 13.6 Å². The summed E-state index contributed by atoms with van der Waals surface area (Å²) in [4.78, 5) is 27.0. The van der Waals surface area contributed by atoms with Gasteiger partial charge in [0.15, 0.2) is 11.2 Å². The Bertz CT molecular complexity index is 1300. The molecule has 0 aliphatic carbocycles. The van der Waals surface area contributed by atoms with Crippen LogP contribution in [-0.4, -0.2) is 29.5 Å². The highest BCUT2D eigenvalue weighted by Crippen LogP contribution is 2.39. The molecule has 0 amide bonds. The van der Waals surface area contributed by atoms with Gasteiger partial charge >= 0.3 is 0 Å². The minimum absolute atomic E-state index is 0.0376. The zero-order valence-electron chi connectivity index (χ0n) is 17.0. The first-order valence-electron chi connectivity index (χ1n) is 9.81. The molecule has 0 saturated carbocycles. The molecule has 4 N–H and O–H groups in total. The number of anilines is 2. The molecule has 2 heterocycles. The third-order valence-electron chi connectivity index (χ3n) is 5.60. The second-order valence-corrected chi connectivity index (χ2v) is 8.53. The van der Waals surface area contributed by atoms with Crippen LogP contribution in [0, 0.1) is 11.6 Å². The first-order valence-corrected chi connectivity index (χ1v) is 10.6. The maximum atomic E-state index is 15.1. The van der Waals surface area contributed by atoms with Gasteiger partial charge in [0.2, 0.25) is 0 Å². The number of benzene rings is 2. The Morgan fingerprint density at radius 3 is 2.48 bits per heavy atom. The van der Waals surface area contributed by atoms with Crippen LogP contribution >= 0.6 is 15.9 Å². The number of pyridine rings is 1. The van der Waals surface area contributed by atoms with Gasteiger partial charge in [-0.2, -0.15) is 0 Å². The van der Waals surface area contributed by atoms with Crippen LogP contribution in [0.25, 0.3) is 16.6 Å². The number of nitrogen functional groups attached to an aromatic ring is 1. The van der Waals surface area contributed by atoms with Crippen LogP contribution in [0.15, 0.2) is 33.7 Å². The minimum Gasteiger partial charge on any atom is -0.396 e. The number of hydrogen-bond donors (Lipinski definition) is 2. The molecule has 1 saturated heterocycles. The monoisotopic (exact) mass is 490 g/mol. The molecule has 0 unspecified atom stereocenters. The van der Waals surface area contributed by atoms with Gasteiger partial charge in [0, 0.05) is 25.3 Å². The van der Waals surface area contributed by atoms with Gasteiger partial charge in [-0.1, -0.05) is 6.92 Å². The number of Topliss-reactive ketones (excluding diaryl/α,β-unsaturated/α-hetero) is 1. The molecule has 0 spiro atoms. The molecule has 1 aromatic heterocycles. The topological polar surface area (TPSA) is 94.3 Å². The van der Waals surface area contributed by atoms with E-state index in [0.717, 1.165) is 6.07 Å². The maximum Gasteiger partial charge on any atom is 0.200 e. The Balaban J connectivity index is 2.15. The molecular weight excluding hydrogens is 470 g/mol. The fraction of sp³-hybridized carbons (Fsp3) is 0.273. The van der Waals surface area contributed by atoms with Gasteiger partial charge in [0.25, 0.3) is 0 Å². The standard InChI is InChI=1S/C22H21BrF2N4O2/c1-3-11-4-15(24)17(27)6-18(11)29-9-14(10(2)30)22(31)13-5-16(25)21(19(23)20(13)29)28-7-12(26)8-28/h4-6,9,12H,3,7-8,26-27H2,1-2H3. The predicted molar refractivity (Wildman–Crippen MR) is 121 cm³/mol. The lowest BCUT2D eigenvalue weighted by Gasteiger charge is -2.39. The predicted octanol–water partition coefficient (Wildman–Crippen LogP) is 3.53. The molecule has 0 radical (unpaired) electrons. The van der Waals surface area contributed by atoms with Crippen molar-refractivity contribution in [1.29, 1.82) is 0 Å². The normalized spacial score (nSPS) is 14.2. The van der Waals surface area contributed by atoms with Gasteiger partial charge in [0.1, 0.15) is 11.6 Å². The van der Waals surface area contributed by atoms with E-state index < -0.39 is 22.8 Å². The van der Waals surface area contributed by atoms with Gasteiger partial charge in [-0.3, -0.25) is 9.59 Å². The Kier molecular flexibility index (Phi) is 5.35. The summed E-state index contributed by atoms with van der Waals surface area (Å²) >= 11 is 3.48. The van der Waals surface area contributed by atoms with E-state index in [0.29, 0.717) is 40.8 Å². The van der Waals surface area contributed by atoms with Gasteiger partial charge in [-0.15, -0.1) is 0 Å². The summed E-state index contributed by atoms with van der Waals surface area (Å²) in [5.74, 6) is -1.61. The first-order chi connectivity index (χ1) is 14.6. The number of aromatic nitrogens is 1. The van der Waals surface area contributed by atoms with E-state index in [1.54, 1.807) is 9.47 Å². The number of nitrogens with zero attached hydrogens (tertiary/aromatic N) is 2.